The monoisotopic (exact) mass is 455 g/mol. The molecule has 0 spiro atoms. The first kappa shape index (κ1) is 21.5. The van der Waals surface area contributed by atoms with Crippen LogP contribution in [0.5, 0.6) is 0 Å². The highest BCUT2D eigenvalue weighted by Crippen LogP contribution is 2.30. The molecule has 0 aliphatic rings. The highest BCUT2D eigenvalue weighted by atomic mass is 35.5. The highest BCUT2D eigenvalue weighted by Gasteiger charge is 2.15. The molecule has 5 nitrogen and oxygen atoms in total. The number of fused-ring (bicyclic) bond motifs is 1. The number of nitrogens with zero attached hydrogens (tertiary/aromatic N) is 2. The van der Waals surface area contributed by atoms with Gasteiger partial charge in [-0.15, -0.1) is 11.3 Å². The lowest BCUT2D eigenvalue weighted by Crippen LogP contribution is -2.12. The Labute approximate surface area is 189 Å². The molecule has 31 heavy (non-hydrogen) atoms. The minimum absolute atomic E-state index is 0.0782. The molecule has 160 valence electrons. The number of hydrogen-bond acceptors (Lipinski definition) is 6. The molecule has 0 unspecified atom stereocenters. The lowest BCUT2D eigenvalue weighted by Gasteiger charge is -2.17. The number of nitrogens with one attached hydrogen (secondary N) is 2. The largest absolute Gasteiger partial charge is 0.362 e. The zero-order chi connectivity index (χ0) is 21.8. The van der Waals surface area contributed by atoms with E-state index in [-0.39, 0.29) is 17.6 Å². The van der Waals surface area contributed by atoms with Crippen LogP contribution in [0.25, 0.3) is 10.9 Å². The second kappa shape index (κ2) is 9.60. The predicted octanol–water partition coefficient (Wildman–Crippen LogP) is 5.77. The van der Waals surface area contributed by atoms with Crippen LogP contribution in [0.4, 0.5) is 16.2 Å². The summed E-state index contributed by atoms with van der Waals surface area (Å²) in [6, 6.07) is 15.1. The molecular weight excluding hydrogens is 433 g/mol. The smallest absolute Gasteiger partial charge is 0.225 e. The van der Waals surface area contributed by atoms with Crippen molar-refractivity contribution in [2.75, 3.05) is 17.2 Å². The number of aromatic nitrogens is 2. The summed E-state index contributed by atoms with van der Waals surface area (Å²) >= 11 is 7.60. The molecular formula is C23H23ClFN5S. The molecule has 0 aliphatic heterocycles. The Hall–Kier alpha value is -2.74. The van der Waals surface area contributed by atoms with Gasteiger partial charge in [-0.05, 0) is 49.0 Å². The van der Waals surface area contributed by atoms with Crippen molar-refractivity contribution < 1.29 is 4.39 Å². The van der Waals surface area contributed by atoms with E-state index in [0.29, 0.717) is 24.5 Å². The molecule has 0 saturated heterocycles. The Morgan fingerprint density at radius 1 is 1.10 bits per heavy atom. The predicted molar refractivity (Wildman–Crippen MR) is 127 cm³/mol. The SMILES string of the molecule is C[C@@H](Nc1nc(NCc2cccc(Cl)c2F)nc2c(CCN)cccc12)c1cccs1. The van der Waals surface area contributed by atoms with Crippen molar-refractivity contribution >= 4 is 45.6 Å². The van der Waals surface area contributed by atoms with Gasteiger partial charge in [0.25, 0.3) is 0 Å². The van der Waals surface area contributed by atoms with E-state index in [0.717, 1.165) is 22.3 Å². The molecule has 0 amide bonds. The second-order valence-corrected chi connectivity index (χ2v) is 8.58. The number of hydrogen-bond donors (Lipinski definition) is 3. The molecule has 1 atom stereocenters. The Morgan fingerprint density at radius 3 is 2.68 bits per heavy atom. The molecule has 4 N–H and O–H groups in total. The van der Waals surface area contributed by atoms with Crippen LogP contribution in [0.3, 0.4) is 0 Å². The molecule has 2 aromatic heterocycles. The maximum absolute atomic E-state index is 14.3. The van der Waals surface area contributed by atoms with Gasteiger partial charge in [0.05, 0.1) is 16.6 Å². The molecule has 2 aromatic carbocycles. The van der Waals surface area contributed by atoms with Crippen molar-refractivity contribution in [3.63, 3.8) is 0 Å². The minimum atomic E-state index is -0.439. The number of benzene rings is 2. The number of rotatable bonds is 8. The number of nitrogens with two attached hydrogens (primary N) is 1. The van der Waals surface area contributed by atoms with Crippen LogP contribution in [0, 0.1) is 5.82 Å². The van der Waals surface area contributed by atoms with Crippen molar-refractivity contribution in [3.05, 3.63) is 80.8 Å². The lowest BCUT2D eigenvalue weighted by atomic mass is 10.1. The van der Waals surface area contributed by atoms with Gasteiger partial charge in [-0.2, -0.15) is 4.98 Å². The van der Waals surface area contributed by atoms with Crippen LogP contribution < -0.4 is 16.4 Å². The van der Waals surface area contributed by atoms with Gasteiger partial charge in [-0.25, -0.2) is 9.37 Å². The Bertz CT molecular complexity index is 1180. The van der Waals surface area contributed by atoms with Crippen LogP contribution in [0.1, 0.15) is 29.0 Å². The van der Waals surface area contributed by atoms with E-state index in [1.54, 1.807) is 23.5 Å². The third-order valence-electron chi connectivity index (χ3n) is 5.02. The maximum Gasteiger partial charge on any atom is 0.225 e. The Kier molecular flexibility index (Phi) is 6.65. The van der Waals surface area contributed by atoms with Gasteiger partial charge in [-0.1, -0.05) is 41.9 Å². The minimum Gasteiger partial charge on any atom is -0.362 e. The summed E-state index contributed by atoms with van der Waals surface area (Å²) in [5, 5.41) is 9.73. The quantitative estimate of drug-likeness (QED) is 0.314. The molecule has 0 aliphatic carbocycles. The van der Waals surface area contributed by atoms with Crippen molar-refractivity contribution in [3.8, 4) is 0 Å². The third kappa shape index (κ3) is 4.79. The van der Waals surface area contributed by atoms with Gasteiger partial charge < -0.3 is 16.4 Å². The summed E-state index contributed by atoms with van der Waals surface area (Å²) in [6.45, 7) is 2.84. The van der Waals surface area contributed by atoms with Gasteiger partial charge >= 0.3 is 0 Å². The topological polar surface area (TPSA) is 75.9 Å². The zero-order valence-electron chi connectivity index (χ0n) is 17.0. The van der Waals surface area contributed by atoms with Gasteiger partial charge in [0, 0.05) is 22.4 Å². The first-order valence-corrected chi connectivity index (χ1v) is 11.3. The summed E-state index contributed by atoms with van der Waals surface area (Å²) in [7, 11) is 0. The maximum atomic E-state index is 14.3. The van der Waals surface area contributed by atoms with Crippen molar-refractivity contribution in [2.24, 2.45) is 5.73 Å². The number of halogens is 2. The van der Waals surface area contributed by atoms with Crippen molar-refractivity contribution in [2.45, 2.75) is 25.9 Å². The van der Waals surface area contributed by atoms with Crippen LogP contribution in [0.15, 0.2) is 53.9 Å². The van der Waals surface area contributed by atoms with E-state index < -0.39 is 5.82 Å². The molecule has 2 heterocycles. The lowest BCUT2D eigenvalue weighted by molar-refractivity contribution is 0.613. The van der Waals surface area contributed by atoms with Crippen LogP contribution in [-0.2, 0) is 13.0 Å². The molecule has 4 aromatic rings. The fourth-order valence-electron chi connectivity index (χ4n) is 3.43. The van der Waals surface area contributed by atoms with Gasteiger partial charge in [0.1, 0.15) is 11.6 Å². The van der Waals surface area contributed by atoms with Gasteiger partial charge in [0.2, 0.25) is 5.95 Å². The average molecular weight is 456 g/mol. The number of para-hydroxylation sites is 1. The first-order valence-electron chi connectivity index (χ1n) is 10.0. The second-order valence-electron chi connectivity index (χ2n) is 7.20. The fraction of sp³-hybridized carbons (Fsp3) is 0.217. The summed E-state index contributed by atoms with van der Waals surface area (Å²) in [6.07, 6.45) is 0.705. The van der Waals surface area contributed by atoms with E-state index in [2.05, 4.69) is 29.0 Å². The van der Waals surface area contributed by atoms with Crippen LogP contribution in [0.2, 0.25) is 5.02 Å². The molecule has 0 bridgehead atoms. The fourth-order valence-corrected chi connectivity index (χ4v) is 4.36. The van der Waals surface area contributed by atoms with Crippen molar-refractivity contribution in [1.82, 2.24) is 9.97 Å². The summed E-state index contributed by atoms with van der Waals surface area (Å²) < 4.78 is 14.3. The van der Waals surface area contributed by atoms with Gasteiger partial charge in [0.15, 0.2) is 0 Å². The molecule has 0 fully saturated rings. The van der Waals surface area contributed by atoms with Crippen molar-refractivity contribution in [1.29, 1.82) is 0 Å². The zero-order valence-corrected chi connectivity index (χ0v) is 18.6. The number of anilines is 2. The van der Waals surface area contributed by atoms with Gasteiger partial charge in [-0.3, -0.25) is 0 Å². The molecule has 0 saturated carbocycles. The standard InChI is InChI=1S/C23H23ClFN5S/c1-14(19-9-4-12-31-19)28-22-17-7-2-5-15(10-11-26)21(17)29-23(30-22)27-13-16-6-3-8-18(24)20(16)25/h2-9,12,14H,10-11,13,26H2,1H3,(H2,27,28,29,30)/t14-/m1/s1. The van der Waals surface area contributed by atoms with Crippen LogP contribution in [-0.4, -0.2) is 16.5 Å². The Balaban J connectivity index is 1.70. The molecule has 0 radical (unpaired) electrons. The van der Waals surface area contributed by atoms with E-state index in [1.165, 1.54) is 10.9 Å². The summed E-state index contributed by atoms with van der Waals surface area (Å²) in [5.74, 6) is 0.696. The van der Waals surface area contributed by atoms with E-state index in [1.807, 2.05) is 24.3 Å². The summed E-state index contributed by atoms with van der Waals surface area (Å²) in [4.78, 5) is 10.6. The highest BCUT2D eigenvalue weighted by molar-refractivity contribution is 7.10. The third-order valence-corrected chi connectivity index (χ3v) is 6.36. The Morgan fingerprint density at radius 2 is 1.90 bits per heavy atom. The first-order chi connectivity index (χ1) is 15.1. The van der Waals surface area contributed by atoms with E-state index >= 15 is 0 Å². The molecule has 8 heteroatoms. The van der Waals surface area contributed by atoms with Crippen LogP contribution >= 0.6 is 22.9 Å². The molecule has 4 rings (SSSR count). The van der Waals surface area contributed by atoms with E-state index in [4.69, 9.17) is 27.3 Å². The average Bonchev–Trinajstić information content (AvgIpc) is 3.31. The summed E-state index contributed by atoms with van der Waals surface area (Å²) in [5.41, 5.74) is 8.14. The normalized spacial score (nSPS) is 12.1. The van der Waals surface area contributed by atoms with E-state index in [9.17, 15) is 4.39 Å². The number of thiophene rings is 1.